The van der Waals surface area contributed by atoms with Crippen LogP contribution in [0.15, 0.2) is 36.7 Å². The van der Waals surface area contributed by atoms with Crippen LogP contribution in [0.2, 0.25) is 5.02 Å². The first kappa shape index (κ1) is 11.6. The van der Waals surface area contributed by atoms with Crippen molar-refractivity contribution < 1.29 is 4.79 Å². The second-order valence-corrected chi connectivity index (χ2v) is 3.80. The van der Waals surface area contributed by atoms with Crippen molar-refractivity contribution >= 4 is 23.2 Å². The molecule has 2 aromatic rings. The second kappa shape index (κ2) is 4.99. The minimum Gasteiger partial charge on any atom is -0.323 e. The Morgan fingerprint density at radius 2 is 2.35 bits per heavy atom. The fourth-order valence-corrected chi connectivity index (χ4v) is 1.59. The minimum atomic E-state index is -0.277. The Bertz CT molecular complexity index is 524. The molecule has 0 saturated carbocycles. The monoisotopic (exact) mass is 250 g/mol. The van der Waals surface area contributed by atoms with E-state index in [1.165, 1.54) is 0 Å². The van der Waals surface area contributed by atoms with Crippen LogP contribution in [0.5, 0.6) is 0 Å². The van der Waals surface area contributed by atoms with E-state index in [-0.39, 0.29) is 12.5 Å². The van der Waals surface area contributed by atoms with E-state index in [4.69, 9.17) is 17.3 Å². The van der Waals surface area contributed by atoms with Crippen molar-refractivity contribution in [1.82, 2.24) is 9.78 Å². The summed E-state index contributed by atoms with van der Waals surface area (Å²) in [5.41, 5.74) is 6.58. The van der Waals surface area contributed by atoms with Crippen molar-refractivity contribution in [2.24, 2.45) is 5.73 Å². The number of anilines is 1. The maximum atomic E-state index is 11.3. The van der Waals surface area contributed by atoms with Gasteiger partial charge in [0.2, 0.25) is 5.91 Å². The Hall–Kier alpha value is -1.85. The van der Waals surface area contributed by atoms with Gasteiger partial charge in [-0.2, -0.15) is 5.10 Å². The van der Waals surface area contributed by atoms with Crippen LogP contribution in [0.1, 0.15) is 0 Å². The fourth-order valence-electron chi connectivity index (χ4n) is 1.42. The summed E-state index contributed by atoms with van der Waals surface area (Å²) in [5.74, 6) is -0.277. The molecule has 0 radical (unpaired) electrons. The second-order valence-electron chi connectivity index (χ2n) is 3.36. The molecule has 0 spiro atoms. The van der Waals surface area contributed by atoms with Gasteiger partial charge in [-0.3, -0.25) is 4.79 Å². The van der Waals surface area contributed by atoms with Crippen LogP contribution in [-0.4, -0.2) is 22.2 Å². The Kier molecular flexibility index (Phi) is 3.41. The van der Waals surface area contributed by atoms with Gasteiger partial charge < -0.3 is 11.1 Å². The Morgan fingerprint density at radius 1 is 1.53 bits per heavy atom. The number of benzene rings is 1. The first-order valence-electron chi connectivity index (χ1n) is 5.00. The van der Waals surface area contributed by atoms with Crippen molar-refractivity contribution in [2.45, 2.75) is 0 Å². The van der Waals surface area contributed by atoms with Gasteiger partial charge in [0, 0.05) is 17.4 Å². The van der Waals surface area contributed by atoms with E-state index in [0.29, 0.717) is 10.7 Å². The SMILES string of the molecule is NCC(=O)Nc1cc(Cl)ccc1-n1cccn1. The molecule has 1 heterocycles. The van der Waals surface area contributed by atoms with Crippen LogP contribution < -0.4 is 11.1 Å². The molecule has 0 fully saturated rings. The van der Waals surface area contributed by atoms with E-state index in [0.717, 1.165) is 5.69 Å². The zero-order chi connectivity index (χ0) is 12.3. The number of hydrogen-bond donors (Lipinski definition) is 2. The molecule has 0 aliphatic rings. The summed E-state index contributed by atoms with van der Waals surface area (Å²) >= 11 is 5.89. The van der Waals surface area contributed by atoms with Crippen LogP contribution in [-0.2, 0) is 4.79 Å². The van der Waals surface area contributed by atoms with Gasteiger partial charge in [0.1, 0.15) is 0 Å². The first-order chi connectivity index (χ1) is 8.20. The summed E-state index contributed by atoms with van der Waals surface area (Å²) in [7, 11) is 0. The lowest BCUT2D eigenvalue weighted by molar-refractivity contribution is -0.114. The summed E-state index contributed by atoms with van der Waals surface area (Å²) in [6.45, 7) is -0.0783. The highest BCUT2D eigenvalue weighted by Gasteiger charge is 2.08. The van der Waals surface area contributed by atoms with E-state index in [2.05, 4.69) is 10.4 Å². The number of hydrogen-bond acceptors (Lipinski definition) is 3. The van der Waals surface area contributed by atoms with Gasteiger partial charge in [-0.1, -0.05) is 11.6 Å². The number of aromatic nitrogens is 2. The lowest BCUT2D eigenvalue weighted by atomic mass is 10.2. The third kappa shape index (κ3) is 2.64. The molecule has 3 N–H and O–H groups in total. The molecular weight excluding hydrogens is 240 g/mol. The predicted molar refractivity (Wildman–Crippen MR) is 66.3 cm³/mol. The lowest BCUT2D eigenvalue weighted by Crippen LogP contribution is -2.22. The number of amides is 1. The zero-order valence-electron chi connectivity index (χ0n) is 8.93. The van der Waals surface area contributed by atoms with Gasteiger partial charge in [-0.05, 0) is 24.3 Å². The van der Waals surface area contributed by atoms with Crippen LogP contribution in [0, 0.1) is 0 Å². The van der Waals surface area contributed by atoms with Crippen LogP contribution in [0.4, 0.5) is 5.69 Å². The van der Waals surface area contributed by atoms with Crippen LogP contribution in [0.25, 0.3) is 5.69 Å². The van der Waals surface area contributed by atoms with Gasteiger partial charge in [0.05, 0.1) is 17.9 Å². The van der Waals surface area contributed by atoms with Gasteiger partial charge in [0.15, 0.2) is 0 Å². The quantitative estimate of drug-likeness (QED) is 0.865. The van der Waals surface area contributed by atoms with Gasteiger partial charge in [-0.15, -0.1) is 0 Å². The zero-order valence-corrected chi connectivity index (χ0v) is 9.69. The molecule has 0 bridgehead atoms. The maximum Gasteiger partial charge on any atom is 0.238 e. The summed E-state index contributed by atoms with van der Waals surface area (Å²) < 4.78 is 1.64. The van der Waals surface area contributed by atoms with Crippen molar-refractivity contribution in [1.29, 1.82) is 0 Å². The molecule has 0 unspecified atom stereocenters. The molecule has 1 amide bonds. The van der Waals surface area contributed by atoms with Gasteiger partial charge in [0.25, 0.3) is 0 Å². The lowest BCUT2D eigenvalue weighted by Gasteiger charge is -2.10. The average molecular weight is 251 g/mol. The maximum absolute atomic E-state index is 11.3. The van der Waals surface area contributed by atoms with Crippen molar-refractivity contribution in [3.8, 4) is 5.69 Å². The largest absolute Gasteiger partial charge is 0.323 e. The molecule has 6 heteroatoms. The molecule has 2 rings (SSSR count). The molecular formula is C11H11ClN4O. The molecule has 0 saturated heterocycles. The highest BCUT2D eigenvalue weighted by molar-refractivity contribution is 6.31. The number of carbonyl (C=O) groups is 1. The number of rotatable bonds is 3. The Labute approximate surface area is 103 Å². The topological polar surface area (TPSA) is 72.9 Å². The van der Waals surface area contributed by atoms with Gasteiger partial charge >= 0.3 is 0 Å². The van der Waals surface area contributed by atoms with E-state index in [9.17, 15) is 4.79 Å². The predicted octanol–water partition coefficient (Wildman–Crippen LogP) is 1.42. The van der Waals surface area contributed by atoms with Crippen molar-refractivity contribution in [3.63, 3.8) is 0 Å². The summed E-state index contributed by atoms with van der Waals surface area (Å²) in [5, 5.41) is 7.32. The minimum absolute atomic E-state index is 0.0783. The molecule has 1 aromatic heterocycles. The van der Waals surface area contributed by atoms with E-state index < -0.39 is 0 Å². The Morgan fingerprint density at radius 3 is 3.00 bits per heavy atom. The van der Waals surface area contributed by atoms with Crippen molar-refractivity contribution in [2.75, 3.05) is 11.9 Å². The van der Waals surface area contributed by atoms with Crippen LogP contribution >= 0.6 is 11.6 Å². The molecule has 0 aliphatic heterocycles. The van der Waals surface area contributed by atoms with E-state index in [1.54, 1.807) is 41.3 Å². The average Bonchev–Trinajstić information content (AvgIpc) is 2.82. The third-order valence-electron chi connectivity index (χ3n) is 2.17. The number of nitrogens with zero attached hydrogens (tertiary/aromatic N) is 2. The van der Waals surface area contributed by atoms with Crippen LogP contribution in [0.3, 0.4) is 0 Å². The van der Waals surface area contributed by atoms with E-state index >= 15 is 0 Å². The highest BCUT2D eigenvalue weighted by Crippen LogP contribution is 2.23. The highest BCUT2D eigenvalue weighted by atomic mass is 35.5. The van der Waals surface area contributed by atoms with E-state index in [1.807, 2.05) is 0 Å². The normalized spacial score (nSPS) is 10.2. The molecule has 5 nitrogen and oxygen atoms in total. The molecule has 0 aliphatic carbocycles. The summed E-state index contributed by atoms with van der Waals surface area (Å²) in [4.78, 5) is 11.3. The number of nitrogens with two attached hydrogens (primary N) is 1. The number of nitrogens with one attached hydrogen (secondary N) is 1. The smallest absolute Gasteiger partial charge is 0.238 e. The first-order valence-corrected chi connectivity index (χ1v) is 5.38. The number of halogens is 1. The van der Waals surface area contributed by atoms with Crippen molar-refractivity contribution in [3.05, 3.63) is 41.7 Å². The fraction of sp³-hybridized carbons (Fsp3) is 0.0909. The molecule has 17 heavy (non-hydrogen) atoms. The third-order valence-corrected chi connectivity index (χ3v) is 2.40. The Balaban J connectivity index is 2.41. The number of carbonyl (C=O) groups excluding carboxylic acids is 1. The molecule has 0 atom stereocenters. The summed E-state index contributed by atoms with van der Waals surface area (Å²) in [6, 6.07) is 6.97. The standard InChI is InChI=1S/C11H11ClN4O/c12-8-2-3-10(16-5-1-4-14-16)9(6-8)15-11(17)7-13/h1-6H,7,13H2,(H,15,17). The summed E-state index contributed by atoms with van der Waals surface area (Å²) in [6.07, 6.45) is 3.44. The molecule has 88 valence electrons. The van der Waals surface area contributed by atoms with Gasteiger partial charge in [-0.25, -0.2) is 4.68 Å². The molecule has 1 aromatic carbocycles.